The van der Waals surface area contributed by atoms with E-state index in [0.717, 1.165) is 88.5 Å². The van der Waals surface area contributed by atoms with Crippen molar-refractivity contribution in [3.05, 3.63) is 158 Å². The van der Waals surface area contributed by atoms with Gasteiger partial charge in [-0.25, -0.2) is 19.9 Å². The van der Waals surface area contributed by atoms with Crippen molar-refractivity contribution >= 4 is 54.9 Å². The summed E-state index contributed by atoms with van der Waals surface area (Å²) < 4.78 is 18.9. The van der Waals surface area contributed by atoms with Crippen molar-refractivity contribution in [2.45, 2.75) is 0 Å². The molecule has 11 rings (SSSR count). The zero-order chi connectivity index (χ0) is 34.9. The number of benzene rings is 7. The summed E-state index contributed by atoms with van der Waals surface area (Å²) in [5.74, 6) is 1.77. The molecule has 0 aliphatic carbocycles. The van der Waals surface area contributed by atoms with Gasteiger partial charge in [0, 0.05) is 33.2 Å². The van der Waals surface area contributed by atoms with Gasteiger partial charge in [0.1, 0.15) is 22.2 Å². The molecular formula is C46H26N4O3. The fourth-order valence-electron chi connectivity index (χ4n) is 7.16. The standard InChI is InChI=1S/C46H26N4O3/c1-3-9-28(10-4-1)36-26-37(29-16-18-31(19-17-29)45-49-34-13-7-8-14-38(34)52-45)48-44(47-36)32-20-15-27-21-23-39-41(33(27)25-32)42-40(51-39)24-22-35-43(42)53-46(50-35)30-11-5-2-6-12-30/h1-26H. The third-order valence-corrected chi connectivity index (χ3v) is 9.77. The van der Waals surface area contributed by atoms with Gasteiger partial charge in [-0.2, -0.15) is 0 Å². The van der Waals surface area contributed by atoms with E-state index in [0.29, 0.717) is 23.2 Å². The summed E-state index contributed by atoms with van der Waals surface area (Å²) in [4.78, 5) is 19.8. The number of nitrogens with zero attached hydrogens (tertiary/aromatic N) is 4. The van der Waals surface area contributed by atoms with Crippen LogP contribution >= 0.6 is 0 Å². The number of hydrogen-bond donors (Lipinski definition) is 0. The molecule has 0 fully saturated rings. The van der Waals surface area contributed by atoms with Crippen molar-refractivity contribution in [1.82, 2.24) is 19.9 Å². The van der Waals surface area contributed by atoms with Crippen molar-refractivity contribution in [2.24, 2.45) is 0 Å². The van der Waals surface area contributed by atoms with E-state index in [-0.39, 0.29) is 0 Å². The Hall–Kier alpha value is -7.38. The van der Waals surface area contributed by atoms with Gasteiger partial charge >= 0.3 is 0 Å². The van der Waals surface area contributed by atoms with Crippen LogP contribution in [0, 0.1) is 0 Å². The van der Waals surface area contributed by atoms with E-state index in [2.05, 4.69) is 53.5 Å². The molecule has 0 amide bonds. The number of aromatic nitrogens is 4. The molecule has 7 nitrogen and oxygen atoms in total. The lowest BCUT2D eigenvalue weighted by molar-refractivity contribution is 0.620. The van der Waals surface area contributed by atoms with Gasteiger partial charge in [-0.1, -0.05) is 91.0 Å². The van der Waals surface area contributed by atoms with E-state index in [1.54, 1.807) is 0 Å². The fraction of sp³-hybridized carbons (Fsp3) is 0. The minimum Gasteiger partial charge on any atom is -0.456 e. The van der Waals surface area contributed by atoms with Gasteiger partial charge in [-0.05, 0) is 77.5 Å². The molecule has 0 aliphatic heterocycles. The topological polar surface area (TPSA) is 91.0 Å². The first-order valence-corrected chi connectivity index (χ1v) is 17.4. The fourth-order valence-corrected chi connectivity index (χ4v) is 7.16. The largest absolute Gasteiger partial charge is 0.456 e. The maximum absolute atomic E-state index is 6.47. The Bertz CT molecular complexity index is 3130. The Balaban J connectivity index is 1.07. The van der Waals surface area contributed by atoms with Crippen LogP contribution in [0.2, 0.25) is 0 Å². The summed E-state index contributed by atoms with van der Waals surface area (Å²) in [5.41, 5.74) is 10.9. The first-order valence-electron chi connectivity index (χ1n) is 17.4. The highest BCUT2D eigenvalue weighted by molar-refractivity contribution is 6.25. The summed E-state index contributed by atoms with van der Waals surface area (Å²) in [6.07, 6.45) is 0. The van der Waals surface area contributed by atoms with Crippen LogP contribution < -0.4 is 0 Å². The number of hydrogen-bond acceptors (Lipinski definition) is 7. The Labute approximate surface area is 301 Å². The Kier molecular flexibility index (Phi) is 6.42. The number of oxazole rings is 2. The van der Waals surface area contributed by atoms with Crippen LogP contribution in [0.15, 0.2) is 171 Å². The van der Waals surface area contributed by atoms with Gasteiger partial charge in [0.25, 0.3) is 0 Å². The number of para-hydroxylation sites is 2. The number of furan rings is 1. The molecule has 0 saturated carbocycles. The van der Waals surface area contributed by atoms with Crippen molar-refractivity contribution in [3.8, 4) is 56.8 Å². The molecule has 0 saturated heterocycles. The number of rotatable bonds is 5. The lowest BCUT2D eigenvalue weighted by atomic mass is 10.00. The Morgan fingerprint density at radius 2 is 0.943 bits per heavy atom. The third-order valence-electron chi connectivity index (χ3n) is 9.77. The molecule has 248 valence electrons. The number of fused-ring (bicyclic) bond motifs is 8. The van der Waals surface area contributed by atoms with E-state index in [4.69, 9.17) is 28.2 Å². The highest BCUT2D eigenvalue weighted by Gasteiger charge is 2.20. The highest BCUT2D eigenvalue weighted by Crippen LogP contribution is 2.41. The predicted molar refractivity (Wildman–Crippen MR) is 209 cm³/mol. The average molecular weight is 683 g/mol. The first kappa shape index (κ1) is 29.4. The molecule has 4 aromatic heterocycles. The van der Waals surface area contributed by atoms with Crippen molar-refractivity contribution in [2.75, 3.05) is 0 Å². The molecule has 53 heavy (non-hydrogen) atoms. The van der Waals surface area contributed by atoms with E-state index in [1.807, 2.05) is 109 Å². The third kappa shape index (κ3) is 4.90. The molecule has 0 atom stereocenters. The minimum atomic E-state index is 0.573. The van der Waals surface area contributed by atoms with Gasteiger partial charge in [0.05, 0.1) is 16.8 Å². The van der Waals surface area contributed by atoms with Crippen LogP contribution in [0.25, 0.3) is 112 Å². The molecule has 0 unspecified atom stereocenters. The second-order valence-corrected chi connectivity index (χ2v) is 13.0. The molecule has 0 N–H and O–H groups in total. The van der Waals surface area contributed by atoms with Gasteiger partial charge in [-0.15, -0.1) is 0 Å². The van der Waals surface area contributed by atoms with E-state index in [9.17, 15) is 0 Å². The zero-order valence-corrected chi connectivity index (χ0v) is 28.0. The van der Waals surface area contributed by atoms with Crippen LogP contribution in [0.1, 0.15) is 0 Å². The van der Waals surface area contributed by atoms with Crippen molar-refractivity contribution in [1.29, 1.82) is 0 Å². The summed E-state index contributed by atoms with van der Waals surface area (Å²) in [5, 5.41) is 3.95. The van der Waals surface area contributed by atoms with Crippen LogP contribution in [0.5, 0.6) is 0 Å². The zero-order valence-electron chi connectivity index (χ0n) is 28.0. The lowest BCUT2D eigenvalue weighted by Crippen LogP contribution is -1.96. The Morgan fingerprint density at radius 1 is 0.358 bits per heavy atom. The second kappa shape index (κ2) is 11.6. The maximum atomic E-state index is 6.47. The van der Waals surface area contributed by atoms with Gasteiger partial charge < -0.3 is 13.3 Å². The lowest BCUT2D eigenvalue weighted by Gasteiger charge is -2.10. The average Bonchev–Trinajstić information content (AvgIpc) is 3.97. The van der Waals surface area contributed by atoms with Gasteiger partial charge in [0.15, 0.2) is 17.0 Å². The van der Waals surface area contributed by atoms with Crippen LogP contribution in [0.3, 0.4) is 0 Å². The molecule has 0 aliphatic rings. The van der Waals surface area contributed by atoms with Crippen molar-refractivity contribution < 1.29 is 13.3 Å². The summed E-state index contributed by atoms with van der Waals surface area (Å²) >= 11 is 0. The quantitative estimate of drug-likeness (QED) is 0.178. The highest BCUT2D eigenvalue weighted by atomic mass is 16.4. The first-order chi connectivity index (χ1) is 26.2. The molecule has 0 radical (unpaired) electrons. The Morgan fingerprint density at radius 3 is 1.74 bits per heavy atom. The van der Waals surface area contributed by atoms with Gasteiger partial charge in [0.2, 0.25) is 11.8 Å². The molecule has 11 aromatic rings. The molecular weight excluding hydrogens is 657 g/mol. The predicted octanol–water partition coefficient (Wildman–Crippen LogP) is 12.1. The molecule has 0 bridgehead atoms. The minimum absolute atomic E-state index is 0.573. The van der Waals surface area contributed by atoms with Crippen molar-refractivity contribution in [3.63, 3.8) is 0 Å². The van der Waals surface area contributed by atoms with Crippen LogP contribution in [0.4, 0.5) is 0 Å². The molecule has 4 heterocycles. The molecule has 7 heteroatoms. The second-order valence-electron chi connectivity index (χ2n) is 13.0. The summed E-state index contributed by atoms with van der Waals surface area (Å²) in [6.45, 7) is 0. The molecule has 0 spiro atoms. The van der Waals surface area contributed by atoms with Gasteiger partial charge in [-0.3, -0.25) is 0 Å². The smallest absolute Gasteiger partial charge is 0.227 e. The molecule has 7 aromatic carbocycles. The van der Waals surface area contributed by atoms with E-state index < -0.39 is 0 Å². The summed E-state index contributed by atoms with van der Waals surface area (Å²) in [7, 11) is 0. The van der Waals surface area contributed by atoms with E-state index >= 15 is 0 Å². The van der Waals surface area contributed by atoms with E-state index in [1.165, 1.54) is 0 Å². The summed E-state index contributed by atoms with van der Waals surface area (Å²) in [6, 6.07) is 52.5. The van der Waals surface area contributed by atoms with Crippen LogP contribution in [-0.2, 0) is 0 Å². The normalized spacial score (nSPS) is 11.8. The maximum Gasteiger partial charge on any atom is 0.227 e. The monoisotopic (exact) mass is 682 g/mol. The SMILES string of the molecule is c1ccc(-c2cc(-c3ccc(-c4nc5ccccc5o4)cc3)nc(-c3ccc4ccc5oc6ccc7nc(-c8ccccc8)oc7c6c5c4c3)n2)cc1. The van der Waals surface area contributed by atoms with Crippen LogP contribution in [-0.4, -0.2) is 19.9 Å².